The zero-order valence-electron chi connectivity index (χ0n) is 16.9. The smallest absolute Gasteiger partial charge is 0.339 e. The summed E-state index contributed by atoms with van der Waals surface area (Å²) in [5, 5.41) is 8.86. The van der Waals surface area contributed by atoms with Crippen LogP contribution in [0.4, 0.5) is 5.69 Å². The molecule has 2 amide bonds. The molecule has 9 nitrogen and oxygen atoms in total. The van der Waals surface area contributed by atoms with Crippen molar-refractivity contribution in [2.75, 3.05) is 19.0 Å². The normalized spacial score (nSPS) is 10.4. The molecule has 0 saturated carbocycles. The van der Waals surface area contributed by atoms with Gasteiger partial charge in [0.25, 0.3) is 11.8 Å². The first-order valence-corrected chi connectivity index (χ1v) is 10.2. The molecule has 0 fully saturated rings. The van der Waals surface area contributed by atoms with Crippen LogP contribution in [0.3, 0.4) is 0 Å². The average Bonchev–Trinajstić information content (AvgIpc) is 3.21. The molecule has 0 aliphatic heterocycles. The molecular weight excluding hydrogens is 420 g/mol. The van der Waals surface area contributed by atoms with Crippen molar-refractivity contribution in [2.45, 2.75) is 17.6 Å². The molecule has 0 saturated heterocycles. The van der Waals surface area contributed by atoms with Crippen molar-refractivity contribution in [3.8, 4) is 0 Å². The number of thioether (sulfide) groups is 1. The van der Waals surface area contributed by atoms with Crippen molar-refractivity contribution in [3.05, 3.63) is 71.4 Å². The molecule has 160 valence electrons. The summed E-state index contributed by atoms with van der Waals surface area (Å²) in [6.45, 7) is 1.28. The summed E-state index contributed by atoms with van der Waals surface area (Å²) in [5.41, 5.74) is 1.29. The number of carbonyl (C=O) groups is 3. The second-order valence-electron chi connectivity index (χ2n) is 6.30. The molecule has 0 bridgehead atoms. The minimum absolute atomic E-state index is 0.224. The Bertz CT molecular complexity index is 1080. The highest BCUT2D eigenvalue weighted by molar-refractivity contribution is 7.98. The van der Waals surface area contributed by atoms with Crippen molar-refractivity contribution >= 4 is 35.2 Å². The monoisotopic (exact) mass is 440 g/mol. The fourth-order valence-corrected chi connectivity index (χ4v) is 3.43. The molecule has 0 radical (unpaired) electrons. The third-order valence-corrected chi connectivity index (χ3v) is 5.08. The first-order chi connectivity index (χ1) is 15.0. The van der Waals surface area contributed by atoms with Crippen LogP contribution in [0.5, 0.6) is 0 Å². The van der Waals surface area contributed by atoms with Gasteiger partial charge in [-0.1, -0.05) is 17.3 Å². The van der Waals surface area contributed by atoms with E-state index in [2.05, 4.69) is 20.8 Å². The van der Waals surface area contributed by atoms with Crippen LogP contribution in [0.15, 0.2) is 57.9 Å². The van der Waals surface area contributed by atoms with Gasteiger partial charge in [0.2, 0.25) is 5.89 Å². The molecule has 0 unspecified atom stereocenters. The average molecular weight is 440 g/mol. The number of amides is 2. The summed E-state index contributed by atoms with van der Waals surface area (Å²) < 4.78 is 10.2. The summed E-state index contributed by atoms with van der Waals surface area (Å²) in [6.07, 6.45) is 0. The van der Waals surface area contributed by atoms with Crippen LogP contribution in [0.2, 0.25) is 0 Å². The third kappa shape index (κ3) is 6.16. The molecular formula is C21H20N4O5S. The maximum absolute atomic E-state index is 12.5. The van der Waals surface area contributed by atoms with Gasteiger partial charge in [-0.3, -0.25) is 9.59 Å². The first-order valence-electron chi connectivity index (χ1n) is 9.26. The number of ether oxygens (including phenoxy) is 1. The maximum atomic E-state index is 12.5. The van der Waals surface area contributed by atoms with Crippen LogP contribution >= 0.6 is 11.8 Å². The molecule has 0 atom stereocenters. The third-order valence-electron chi connectivity index (χ3n) is 4.02. The Balaban J connectivity index is 1.54. The number of hydrogen-bond donors (Lipinski definition) is 2. The second-order valence-corrected chi connectivity index (χ2v) is 7.32. The molecule has 3 rings (SSSR count). The Morgan fingerprint density at radius 2 is 1.84 bits per heavy atom. The SMILES string of the molecule is CNC(=O)c1ccc(NC(=O)COC(=O)c2ccccc2SCc2nc(C)no2)cc1. The van der Waals surface area contributed by atoms with Gasteiger partial charge in [0.05, 0.1) is 11.3 Å². The first kappa shape index (κ1) is 22.0. The van der Waals surface area contributed by atoms with Crippen LogP contribution in [-0.4, -0.2) is 41.6 Å². The van der Waals surface area contributed by atoms with E-state index < -0.39 is 18.5 Å². The fourth-order valence-electron chi connectivity index (χ4n) is 2.55. The summed E-state index contributed by atoms with van der Waals surface area (Å²) in [6, 6.07) is 13.3. The summed E-state index contributed by atoms with van der Waals surface area (Å²) in [7, 11) is 1.54. The highest BCUT2D eigenvalue weighted by atomic mass is 32.2. The number of aromatic nitrogens is 2. The van der Waals surface area contributed by atoms with E-state index in [9.17, 15) is 14.4 Å². The number of carbonyl (C=O) groups excluding carboxylic acids is 3. The second kappa shape index (κ2) is 10.4. The van der Waals surface area contributed by atoms with Gasteiger partial charge in [-0.25, -0.2) is 4.79 Å². The minimum atomic E-state index is -0.616. The highest BCUT2D eigenvalue weighted by Gasteiger charge is 2.16. The molecule has 2 N–H and O–H groups in total. The molecule has 0 spiro atoms. The lowest BCUT2D eigenvalue weighted by atomic mass is 10.2. The van der Waals surface area contributed by atoms with Crippen molar-refractivity contribution in [1.29, 1.82) is 0 Å². The lowest BCUT2D eigenvalue weighted by Crippen LogP contribution is -2.21. The molecule has 31 heavy (non-hydrogen) atoms. The van der Waals surface area contributed by atoms with E-state index >= 15 is 0 Å². The van der Waals surface area contributed by atoms with Crippen molar-refractivity contribution in [1.82, 2.24) is 15.5 Å². The Morgan fingerprint density at radius 3 is 2.52 bits per heavy atom. The molecule has 1 aromatic heterocycles. The van der Waals surface area contributed by atoms with E-state index in [4.69, 9.17) is 9.26 Å². The molecule has 1 heterocycles. The molecule has 3 aromatic rings. The van der Waals surface area contributed by atoms with Crippen LogP contribution in [0.25, 0.3) is 0 Å². The van der Waals surface area contributed by atoms with Crippen LogP contribution in [-0.2, 0) is 15.3 Å². The van der Waals surface area contributed by atoms with Crippen LogP contribution in [0.1, 0.15) is 32.4 Å². The van der Waals surface area contributed by atoms with Gasteiger partial charge in [0, 0.05) is 23.2 Å². The van der Waals surface area contributed by atoms with Crippen LogP contribution < -0.4 is 10.6 Å². The summed E-state index contributed by atoms with van der Waals surface area (Å²) in [4.78, 5) is 40.9. The van der Waals surface area contributed by atoms with Crippen LogP contribution in [0, 0.1) is 6.92 Å². The molecule has 10 heteroatoms. The minimum Gasteiger partial charge on any atom is -0.452 e. The highest BCUT2D eigenvalue weighted by Crippen LogP contribution is 2.26. The predicted octanol–water partition coefficient (Wildman–Crippen LogP) is 2.83. The van der Waals surface area contributed by atoms with E-state index in [1.165, 1.54) is 18.8 Å². The number of aryl methyl sites for hydroxylation is 1. The largest absolute Gasteiger partial charge is 0.452 e. The van der Waals surface area contributed by atoms with Gasteiger partial charge in [-0.15, -0.1) is 11.8 Å². The molecule has 0 aliphatic carbocycles. The standard InChI is InChI=1S/C21H20N4O5S/c1-13-23-19(30-25-13)12-31-17-6-4-3-5-16(17)21(28)29-11-18(26)24-15-9-7-14(8-10-15)20(27)22-2/h3-10H,11-12H2,1-2H3,(H,22,27)(H,24,26). The maximum Gasteiger partial charge on any atom is 0.339 e. The topological polar surface area (TPSA) is 123 Å². The summed E-state index contributed by atoms with van der Waals surface area (Å²) in [5.74, 6) is 0.0579. The quantitative estimate of drug-likeness (QED) is 0.405. The van der Waals surface area contributed by atoms with E-state index in [-0.39, 0.29) is 5.91 Å². The predicted molar refractivity (Wildman–Crippen MR) is 114 cm³/mol. The number of rotatable bonds is 8. The Morgan fingerprint density at radius 1 is 1.10 bits per heavy atom. The van der Waals surface area contributed by atoms with Crippen molar-refractivity contribution in [3.63, 3.8) is 0 Å². The number of hydrogen-bond acceptors (Lipinski definition) is 8. The van der Waals surface area contributed by atoms with Gasteiger partial charge in [-0.05, 0) is 43.3 Å². The Kier molecular flexibility index (Phi) is 7.39. The Hall–Kier alpha value is -3.66. The Labute approximate surface area is 182 Å². The van der Waals surface area contributed by atoms with E-state index in [0.717, 1.165) is 0 Å². The lowest BCUT2D eigenvalue weighted by Gasteiger charge is -2.09. The van der Waals surface area contributed by atoms with Gasteiger partial charge in [0.1, 0.15) is 0 Å². The molecule has 0 aliphatic rings. The van der Waals surface area contributed by atoms with Gasteiger partial charge in [0.15, 0.2) is 12.4 Å². The number of benzene rings is 2. The van der Waals surface area contributed by atoms with Crippen molar-refractivity contribution in [2.24, 2.45) is 0 Å². The van der Waals surface area contributed by atoms with Gasteiger partial charge >= 0.3 is 5.97 Å². The van der Waals surface area contributed by atoms with Crippen molar-refractivity contribution < 1.29 is 23.6 Å². The van der Waals surface area contributed by atoms with E-state index in [1.807, 2.05) is 0 Å². The van der Waals surface area contributed by atoms with E-state index in [0.29, 0.717) is 39.2 Å². The lowest BCUT2D eigenvalue weighted by molar-refractivity contribution is -0.119. The fraction of sp³-hybridized carbons (Fsp3) is 0.190. The molecule has 2 aromatic carbocycles. The van der Waals surface area contributed by atoms with Gasteiger partial charge < -0.3 is 19.9 Å². The number of anilines is 1. The van der Waals surface area contributed by atoms with Gasteiger partial charge in [-0.2, -0.15) is 4.98 Å². The number of nitrogens with zero attached hydrogens (tertiary/aromatic N) is 2. The zero-order chi connectivity index (χ0) is 22.2. The number of nitrogens with one attached hydrogen (secondary N) is 2. The van der Waals surface area contributed by atoms with E-state index in [1.54, 1.807) is 55.5 Å². The zero-order valence-corrected chi connectivity index (χ0v) is 17.7. The summed E-state index contributed by atoms with van der Waals surface area (Å²) >= 11 is 1.35. The number of esters is 1.